The molecule has 7 nitrogen and oxygen atoms in total. The van der Waals surface area contributed by atoms with Crippen LogP contribution in [0.1, 0.15) is 6.42 Å². The molecule has 3 amide bonds. The molecule has 0 radical (unpaired) electrons. The van der Waals surface area contributed by atoms with E-state index in [-0.39, 0.29) is 36.0 Å². The number of carbonyl (C=O) groups excluding carboxylic acids is 3. The predicted molar refractivity (Wildman–Crippen MR) is 73.2 cm³/mol. The minimum atomic E-state index is -1.05. The highest BCUT2D eigenvalue weighted by atomic mass is 35.5. The standard InChI is InChI=1S/C12H14ClN3O4/c13-8-2-3-10(18)9(6-8)15-11(19)12(20)16(7-17)5-1-4-14/h2-3,6-7,18H,1,4-5,14H2,(H,15,19). The molecule has 4 N–H and O–H groups in total. The Morgan fingerprint density at radius 3 is 2.75 bits per heavy atom. The maximum Gasteiger partial charge on any atom is 0.318 e. The van der Waals surface area contributed by atoms with Crippen molar-refractivity contribution in [1.82, 2.24) is 4.90 Å². The van der Waals surface area contributed by atoms with Gasteiger partial charge in [0.05, 0.1) is 5.69 Å². The minimum Gasteiger partial charge on any atom is -0.506 e. The first-order valence-electron chi connectivity index (χ1n) is 5.75. The summed E-state index contributed by atoms with van der Waals surface area (Å²) in [5.74, 6) is -2.32. The highest BCUT2D eigenvalue weighted by Gasteiger charge is 2.22. The van der Waals surface area contributed by atoms with Gasteiger partial charge in [-0.1, -0.05) is 11.6 Å². The van der Waals surface area contributed by atoms with Crippen LogP contribution in [0.3, 0.4) is 0 Å². The van der Waals surface area contributed by atoms with Crippen LogP contribution >= 0.6 is 11.6 Å². The fourth-order valence-corrected chi connectivity index (χ4v) is 1.55. The van der Waals surface area contributed by atoms with Gasteiger partial charge in [0, 0.05) is 11.6 Å². The smallest absolute Gasteiger partial charge is 0.318 e. The molecule has 1 rings (SSSR count). The van der Waals surface area contributed by atoms with Gasteiger partial charge in [-0.2, -0.15) is 0 Å². The lowest BCUT2D eigenvalue weighted by Crippen LogP contribution is -2.39. The number of benzene rings is 1. The van der Waals surface area contributed by atoms with Crippen molar-refractivity contribution in [2.24, 2.45) is 5.73 Å². The Hall–Kier alpha value is -2.12. The van der Waals surface area contributed by atoms with Crippen LogP contribution in [0.15, 0.2) is 18.2 Å². The summed E-state index contributed by atoms with van der Waals surface area (Å²) in [7, 11) is 0. The second-order valence-corrected chi connectivity index (χ2v) is 4.30. The summed E-state index contributed by atoms with van der Waals surface area (Å²) in [5.41, 5.74) is 5.25. The number of carbonyl (C=O) groups is 3. The van der Waals surface area contributed by atoms with Crippen molar-refractivity contribution in [3.05, 3.63) is 23.2 Å². The Labute approximate surface area is 120 Å². The summed E-state index contributed by atoms with van der Waals surface area (Å²) in [4.78, 5) is 34.9. The van der Waals surface area contributed by atoms with Gasteiger partial charge in [-0.3, -0.25) is 19.3 Å². The number of nitrogens with one attached hydrogen (secondary N) is 1. The van der Waals surface area contributed by atoms with Crippen LogP contribution in [0.5, 0.6) is 5.75 Å². The van der Waals surface area contributed by atoms with E-state index in [4.69, 9.17) is 17.3 Å². The first kappa shape index (κ1) is 15.9. The summed E-state index contributed by atoms with van der Waals surface area (Å²) >= 11 is 5.71. The number of halogens is 1. The third kappa shape index (κ3) is 4.22. The van der Waals surface area contributed by atoms with Gasteiger partial charge in [-0.05, 0) is 31.2 Å². The van der Waals surface area contributed by atoms with E-state index < -0.39 is 11.8 Å². The van der Waals surface area contributed by atoms with Crippen molar-refractivity contribution >= 4 is 35.5 Å². The number of hydrogen-bond donors (Lipinski definition) is 3. The van der Waals surface area contributed by atoms with Crippen LogP contribution in [-0.4, -0.2) is 41.3 Å². The summed E-state index contributed by atoms with van der Waals surface area (Å²) in [6.07, 6.45) is 0.648. The lowest BCUT2D eigenvalue weighted by atomic mass is 10.3. The molecule has 0 aromatic heterocycles. The van der Waals surface area contributed by atoms with Crippen LogP contribution in [0, 0.1) is 0 Å². The summed E-state index contributed by atoms with van der Waals surface area (Å²) < 4.78 is 0. The third-order valence-electron chi connectivity index (χ3n) is 2.39. The van der Waals surface area contributed by atoms with Gasteiger partial charge in [0.15, 0.2) is 0 Å². The molecule has 0 spiro atoms. The number of imide groups is 1. The number of nitrogens with zero attached hydrogens (tertiary/aromatic N) is 1. The van der Waals surface area contributed by atoms with Crippen LogP contribution < -0.4 is 11.1 Å². The lowest BCUT2D eigenvalue weighted by Gasteiger charge is -2.14. The second-order valence-electron chi connectivity index (χ2n) is 3.86. The first-order chi connectivity index (χ1) is 9.49. The molecule has 0 unspecified atom stereocenters. The molecule has 1 aromatic rings. The molecule has 8 heteroatoms. The fourth-order valence-electron chi connectivity index (χ4n) is 1.38. The highest BCUT2D eigenvalue weighted by molar-refractivity contribution is 6.41. The molecule has 0 aliphatic rings. The molecule has 0 saturated carbocycles. The summed E-state index contributed by atoms with van der Waals surface area (Å²) in [5, 5.41) is 12.0. The normalized spacial score (nSPS) is 9.90. The summed E-state index contributed by atoms with van der Waals surface area (Å²) in [6, 6.07) is 3.98. The average Bonchev–Trinajstić information content (AvgIpc) is 2.43. The zero-order chi connectivity index (χ0) is 15.1. The highest BCUT2D eigenvalue weighted by Crippen LogP contribution is 2.26. The lowest BCUT2D eigenvalue weighted by molar-refractivity contribution is -0.146. The van der Waals surface area contributed by atoms with Gasteiger partial charge >= 0.3 is 11.8 Å². The largest absolute Gasteiger partial charge is 0.506 e. The van der Waals surface area contributed by atoms with E-state index in [1.165, 1.54) is 18.2 Å². The molecule has 0 aliphatic heterocycles. The summed E-state index contributed by atoms with van der Waals surface area (Å²) in [6.45, 7) is 0.335. The monoisotopic (exact) mass is 299 g/mol. The number of rotatable bonds is 5. The molecule has 108 valence electrons. The van der Waals surface area contributed by atoms with Gasteiger partial charge in [-0.25, -0.2) is 0 Å². The Balaban J connectivity index is 2.76. The van der Waals surface area contributed by atoms with Gasteiger partial charge in [0.1, 0.15) is 5.75 Å². The van der Waals surface area contributed by atoms with Crippen molar-refractivity contribution in [2.75, 3.05) is 18.4 Å². The number of anilines is 1. The first-order valence-corrected chi connectivity index (χ1v) is 6.13. The van der Waals surface area contributed by atoms with E-state index in [0.29, 0.717) is 11.3 Å². The molecule has 20 heavy (non-hydrogen) atoms. The van der Waals surface area contributed by atoms with Crippen molar-refractivity contribution in [1.29, 1.82) is 0 Å². The van der Waals surface area contributed by atoms with Crippen molar-refractivity contribution in [3.8, 4) is 5.75 Å². The Morgan fingerprint density at radius 1 is 1.45 bits per heavy atom. The zero-order valence-electron chi connectivity index (χ0n) is 10.5. The maximum atomic E-state index is 11.7. The molecule has 0 atom stereocenters. The van der Waals surface area contributed by atoms with E-state index in [0.717, 1.165) is 0 Å². The van der Waals surface area contributed by atoms with Gasteiger partial charge in [0.25, 0.3) is 0 Å². The SMILES string of the molecule is NCCCN(C=O)C(=O)C(=O)Nc1cc(Cl)ccc1O. The topological polar surface area (TPSA) is 113 Å². The van der Waals surface area contributed by atoms with Crippen molar-refractivity contribution in [2.45, 2.75) is 6.42 Å². The maximum absolute atomic E-state index is 11.7. The zero-order valence-corrected chi connectivity index (χ0v) is 11.3. The van der Waals surface area contributed by atoms with Gasteiger partial charge in [0.2, 0.25) is 6.41 Å². The van der Waals surface area contributed by atoms with E-state index in [1.54, 1.807) is 0 Å². The molecular formula is C12H14ClN3O4. The van der Waals surface area contributed by atoms with Crippen LogP contribution in [-0.2, 0) is 14.4 Å². The molecule has 0 aliphatic carbocycles. The second kappa shape index (κ2) is 7.46. The quantitative estimate of drug-likeness (QED) is 0.412. The third-order valence-corrected chi connectivity index (χ3v) is 2.63. The van der Waals surface area contributed by atoms with E-state index in [9.17, 15) is 19.5 Å². The van der Waals surface area contributed by atoms with E-state index >= 15 is 0 Å². The molecule has 1 aromatic carbocycles. The predicted octanol–water partition coefficient (Wildman–Crippen LogP) is 0.318. The van der Waals surface area contributed by atoms with Crippen LogP contribution in [0.25, 0.3) is 0 Å². The number of hydrogen-bond acceptors (Lipinski definition) is 5. The average molecular weight is 300 g/mol. The Morgan fingerprint density at radius 2 is 2.15 bits per heavy atom. The number of aromatic hydroxyl groups is 1. The van der Waals surface area contributed by atoms with Gasteiger partial charge in [-0.15, -0.1) is 0 Å². The Kier molecular flexibility index (Phi) is 5.95. The van der Waals surface area contributed by atoms with E-state index in [1.807, 2.05) is 0 Å². The number of phenols is 1. The van der Waals surface area contributed by atoms with Gasteiger partial charge < -0.3 is 16.2 Å². The van der Waals surface area contributed by atoms with E-state index in [2.05, 4.69) is 5.32 Å². The molecule has 0 saturated heterocycles. The number of amides is 3. The minimum absolute atomic E-state index is 0.0134. The van der Waals surface area contributed by atoms with Crippen molar-refractivity contribution in [3.63, 3.8) is 0 Å². The molecule has 0 heterocycles. The fraction of sp³-hybridized carbons (Fsp3) is 0.250. The molecule has 0 bridgehead atoms. The molecule has 0 fully saturated rings. The van der Waals surface area contributed by atoms with Crippen LogP contribution in [0.4, 0.5) is 5.69 Å². The number of phenolic OH excluding ortho intramolecular Hbond substituents is 1. The van der Waals surface area contributed by atoms with Crippen LogP contribution in [0.2, 0.25) is 5.02 Å². The Bertz CT molecular complexity index is 521. The molecular weight excluding hydrogens is 286 g/mol. The number of nitrogens with two attached hydrogens (primary N) is 1. The van der Waals surface area contributed by atoms with Crippen molar-refractivity contribution < 1.29 is 19.5 Å².